The van der Waals surface area contributed by atoms with Gasteiger partial charge in [0.2, 0.25) is 0 Å². The zero-order valence-corrected chi connectivity index (χ0v) is 15.0. The molecular formula is C18H37N3. The molecule has 0 aromatic rings. The Balaban J connectivity index is 1.98. The Morgan fingerprint density at radius 2 is 1.95 bits per heavy atom. The van der Waals surface area contributed by atoms with Gasteiger partial charge in [0.1, 0.15) is 0 Å². The van der Waals surface area contributed by atoms with E-state index in [1.54, 1.807) is 0 Å². The lowest BCUT2D eigenvalue weighted by molar-refractivity contribution is 0.0722. The van der Waals surface area contributed by atoms with E-state index in [4.69, 9.17) is 0 Å². The zero-order valence-electron chi connectivity index (χ0n) is 15.0. The quantitative estimate of drug-likeness (QED) is 0.813. The molecular weight excluding hydrogens is 258 g/mol. The molecule has 0 aromatic heterocycles. The maximum absolute atomic E-state index is 3.82. The molecule has 1 heterocycles. The SMILES string of the molecule is CCNC1C(CN2CCCC2CN(C)C)CCCC1(C)C. The third-order valence-corrected chi connectivity index (χ3v) is 5.68. The van der Waals surface area contributed by atoms with Gasteiger partial charge in [-0.05, 0) is 64.2 Å². The maximum Gasteiger partial charge on any atom is 0.0223 e. The van der Waals surface area contributed by atoms with Crippen molar-refractivity contribution in [2.45, 2.75) is 65.0 Å². The summed E-state index contributed by atoms with van der Waals surface area (Å²) < 4.78 is 0. The molecule has 0 spiro atoms. The Hall–Kier alpha value is -0.120. The van der Waals surface area contributed by atoms with Crippen molar-refractivity contribution in [3.05, 3.63) is 0 Å². The van der Waals surface area contributed by atoms with E-state index in [-0.39, 0.29) is 0 Å². The topological polar surface area (TPSA) is 18.5 Å². The summed E-state index contributed by atoms with van der Waals surface area (Å²) in [5.41, 5.74) is 0.454. The molecule has 0 amide bonds. The Morgan fingerprint density at radius 1 is 1.19 bits per heavy atom. The Bertz CT molecular complexity index is 314. The monoisotopic (exact) mass is 295 g/mol. The molecule has 2 rings (SSSR count). The largest absolute Gasteiger partial charge is 0.313 e. The van der Waals surface area contributed by atoms with Crippen LogP contribution >= 0.6 is 0 Å². The molecule has 21 heavy (non-hydrogen) atoms. The number of nitrogens with zero attached hydrogens (tertiary/aromatic N) is 2. The smallest absolute Gasteiger partial charge is 0.0223 e. The summed E-state index contributed by atoms with van der Waals surface area (Å²) in [6.07, 6.45) is 6.97. The van der Waals surface area contributed by atoms with Crippen molar-refractivity contribution in [3.63, 3.8) is 0 Å². The fourth-order valence-corrected chi connectivity index (χ4v) is 4.70. The van der Waals surface area contributed by atoms with Gasteiger partial charge in [0.25, 0.3) is 0 Å². The van der Waals surface area contributed by atoms with E-state index >= 15 is 0 Å². The van der Waals surface area contributed by atoms with Crippen molar-refractivity contribution < 1.29 is 0 Å². The van der Waals surface area contributed by atoms with E-state index in [9.17, 15) is 0 Å². The fraction of sp³-hybridized carbons (Fsp3) is 1.00. The predicted octanol–water partition coefficient (Wildman–Crippen LogP) is 2.82. The Morgan fingerprint density at radius 3 is 2.62 bits per heavy atom. The lowest BCUT2D eigenvalue weighted by atomic mass is 9.67. The highest BCUT2D eigenvalue weighted by atomic mass is 15.2. The average molecular weight is 296 g/mol. The van der Waals surface area contributed by atoms with Crippen LogP contribution in [0.2, 0.25) is 0 Å². The van der Waals surface area contributed by atoms with E-state index in [2.05, 4.69) is 50.0 Å². The van der Waals surface area contributed by atoms with Crippen molar-refractivity contribution in [2.24, 2.45) is 11.3 Å². The molecule has 0 bridgehead atoms. The van der Waals surface area contributed by atoms with E-state index in [0.29, 0.717) is 11.5 Å². The van der Waals surface area contributed by atoms with E-state index in [1.165, 1.54) is 51.7 Å². The van der Waals surface area contributed by atoms with Crippen LogP contribution in [0.4, 0.5) is 0 Å². The second-order valence-electron chi connectivity index (χ2n) is 8.23. The number of nitrogens with one attached hydrogen (secondary N) is 1. The van der Waals surface area contributed by atoms with Crippen LogP contribution in [0.5, 0.6) is 0 Å². The van der Waals surface area contributed by atoms with Gasteiger partial charge in [-0.15, -0.1) is 0 Å². The van der Waals surface area contributed by atoms with Gasteiger partial charge in [-0.1, -0.05) is 27.2 Å². The van der Waals surface area contributed by atoms with Crippen LogP contribution in [0.3, 0.4) is 0 Å². The van der Waals surface area contributed by atoms with Crippen molar-refractivity contribution >= 4 is 0 Å². The summed E-state index contributed by atoms with van der Waals surface area (Å²) >= 11 is 0. The molecule has 1 saturated carbocycles. The van der Waals surface area contributed by atoms with Gasteiger partial charge in [-0.2, -0.15) is 0 Å². The lowest BCUT2D eigenvalue weighted by Crippen LogP contribution is -2.53. The molecule has 0 radical (unpaired) electrons. The van der Waals surface area contributed by atoms with Gasteiger partial charge in [-0.25, -0.2) is 0 Å². The normalized spacial score (nSPS) is 33.7. The summed E-state index contributed by atoms with van der Waals surface area (Å²) in [5, 5.41) is 3.82. The lowest BCUT2D eigenvalue weighted by Gasteiger charge is -2.46. The molecule has 3 heteroatoms. The number of likely N-dealkylation sites (N-methyl/N-ethyl adjacent to an activating group) is 1. The second kappa shape index (κ2) is 7.43. The fourth-order valence-electron chi connectivity index (χ4n) is 4.70. The van der Waals surface area contributed by atoms with Crippen molar-refractivity contribution in [1.82, 2.24) is 15.1 Å². The number of hydrogen-bond donors (Lipinski definition) is 1. The summed E-state index contributed by atoms with van der Waals surface area (Å²) in [6.45, 7) is 12.1. The summed E-state index contributed by atoms with van der Waals surface area (Å²) in [4.78, 5) is 5.14. The minimum absolute atomic E-state index is 0.454. The van der Waals surface area contributed by atoms with Gasteiger partial charge in [-0.3, -0.25) is 4.90 Å². The van der Waals surface area contributed by atoms with Gasteiger partial charge in [0, 0.05) is 25.2 Å². The number of rotatable bonds is 6. The summed E-state index contributed by atoms with van der Waals surface area (Å²) in [5.74, 6) is 0.830. The highest BCUT2D eigenvalue weighted by molar-refractivity contribution is 4.95. The third kappa shape index (κ3) is 4.43. The van der Waals surface area contributed by atoms with Crippen LogP contribution in [0.1, 0.15) is 52.9 Å². The van der Waals surface area contributed by atoms with Crippen LogP contribution in [0.25, 0.3) is 0 Å². The second-order valence-corrected chi connectivity index (χ2v) is 8.23. The van der Waals surface area contributed by atoms with Crippen molar-refractivity contribution in [2.75, 3.05) is 40.3 Å². The third-order valence-electron chi connectivity index (χ3n) is 5.68. The average Bonchev–Trinajstić information content (AvgIpc) is 2.80. The molecule has 1 aliphatic carbocycles. The molecule has 1 saturated heterocycles. The standard InChI is InChI=1S/C18H37N3/c1-6-19-17-15(9-7-11-18(17,2)3)13-21-12-8-10-16(21)14-20(4)5/h15-17,19H,6-14H2,1-5H3. The number of hydrogen-bond acceptors (Lipinski definition) is 3. The van der Waals surface area contributed by atoms with Crippen LogP contribution in [0, 0.1) is 11.3 Å². The van der Waals surface area contributed by atoms with Crippen LogP contribution in [0.15, 0.2) is 0 Å². The highest BCUT2D eigenvalue weighted by Crippen LogP contribution is 2.40. The van der Waals surface area contributed by atoms with Crippen molar-refractivity contribution in [3.8, 4) is 0 Å². The van der Waals surface area contributed by atoms with Crippen LogP contribution < -0.4 is 5.32 Å². The summed E-state index contributed by atoms with van der Waals surface area (Å²) in [7, 11) is 4.42. The van der Waals surface area contributed by atoms with Gasteiger partial charge in [0.15, 0.2) is 0 Å². The molecule has 2 aliphatic rings. The molecule has 1 N–H and O–H groups in total. The first kappa shape index (κ1) is 17.2. The minimum Gasteiger partial charge on any atom is -0.313 e. The molecule has 124 valence electrons. The van der Waals surface area contributed by atoms with E-state index in [1.807, 2.05) is 0 Å². The Kier molecular flexibility index (Phi) is 6.10. The molecule has 1 aliphatic heterocycles. The predicted molar refractivity (Wildman–Crippen MR) is 91.7 cm³/mol. The van der Waals surface area contributed by atoms with E-state index in [0.717, 1.165) is 18.5 Å². The highest BCUT2D eigenvalue weighted by Gasteiger charge is 2.40. The minimum atomic E-state index is 0.454. The molecule has 3 nitrogen and oxygen atoms in total. The van der Waals surface area contributed by atoms with Gasteiger partial charge >= 0.3 is 0 Å². The Labute approximate surface area is 132 Å². The van der Waals surface area contributed by atoms with E-state index < -0.39 is 0 Å². The summed E-state index contributed by atoms with van der Waals surface area (Å²) in [6, 6.07) is 1.48. The molecule has 3 atom stereocenters. The van der Waals surface area contributed by atoms with Gasteiger partial charge < -0.3 is 10.2 Å². The zero-order chi connectivity index (χ0) is 15.5. The number of likely N-dealkylation sites (tertiary alicyclic amines) is 1. The van der Waals surface area contributed by atoms with Crippen LogP contribution in [-0.4, -0.2) is 62.2 Å². The first-order valence-corrected chi connectivity index (χ1v) is 9.06. The molecule has 2 fully saturated rings. The van der Waals surface area contributed by atoms with Crippen molar-refractivity contribution in [1.29, 1.82) is 0 Å². The van der Waals surface area contributed by atoms with Crippen LogP contribution in [-0.2, 0) is 0 Å². The first-order valence-electron chi connectivity index (χ1n) is 9.06. The molecule has 3 unspecified atom stereocenters. The molecule has 0 aromatic carbocycles. The first-order chi connectivity index (χ1) is 9.94. The van der Waals surface area contributed by atoms with Gasteiger partial charge in [0.05, 0.1) is 0 Å². The maximum atomic E-state index is 3.82.